The molecule has 3 aromatic rings. The molecule has 0 atom stereocenters. The number of hydrogen-bond acceptors (Lipinski definition) is 5. The molecule has 1 aliphatic heterocycles. The first-order valence-electron chi connectivity index (χ1n) is 8.83. The van der Waals surface area contributed by atoms with E-state index >= 15 is 0 Å². The summed E-state index contributed by atoms with van der Waals surface area (Å²) in [5.41, 5.74) is -1.28. The Bertz CT molecular complexity index is 1330. The Labute approximate surface area is 183 Å². The van der Waals surface area contributed by atoms with Gasteiger partial charge in [0, 0.05) is 18.0 Å². The summed E-state index contributed by atoms with van der Waals surface area (Å²) in [5, 5.41) is 19.2. The summed E-state index contributed by atoms with van der Waals surface area (Å²) in [4.78, 5) is 12.9. The van der Waals surface area contributed by atoms with Crippen LogP contribution in [0.3, 0.4) is 0 Å². The van der Waals surface area contributed by atoms with Gasteiger partial charge < -0.3 is 5.32 Å². The fourth-order valence-corrected chi connectivity index (χ4v) is 4.30. The van der Waals surface area contributed by atoms with Crippen molar-refractivity contribution in [1.82, 2.24) is 15.1 Å². The van der Waals surface area contributed by atoms with E-state index in [1.165, 1.54) is 7.05 Å². The molecule has 10 heteroatoms. The van der Waals surface area contributed by atoms with E-state index in [1.807, 2.05) is 42.5 Å². The zero-order valence-electron chi connectivity index (χ0n) is 15.8. The minimum absolute atomic E-state index is 0.128. The number of aryl methyl sites for hydroxylation is 1. The van der Waals surface area contributed by atoms with Crippen LogP contribution in [0.4, 0.5) is 13.2 Å². The second kappa shape index (κ2) is 7.80. The Morgan fingerprint density at radius 1 is 1.23 bits per heavy atom. The number of nitrogens with zero attached hydrogens (tertiary/aromatic N) is 3. The quantitative estimate of drug-likeness (QED) is 0.317. The fraction of sp³-hybridized carbons (Fsp3) is 0.0952. The van der Waals surface area contributed by atoms with Gasteiger partial charge in [-0.05, 0) is 10.8 Å². The van der Waals surface area contributed by atoms with Crippen molar-refractivity contribution in [3.05, 3.63) is 80.4 Å². The molecule has 1 N–H and O–H groups in total. The molecule has 0 fully saturated rings. The number of allylic oxidation sites excluding steroid dienone is 1. The van der Waals surface area contributed by atoms with Crippen molar-refractivity contribution in [2.45, 2.75) is 6.18 Å². The van der Waals surface area contributed by atoms with Crippen LogP contribution in [-0.2, 0) is 13.2 Å². The van der Waals surface area contributed by atoms with Crippen LogP contribution in [0.15, 0.2) is 58.5 Å². The molecule has 0 unspecified atom stereocenters. The van der Waals surface area contributed by atoms with Crippen molar-refractivity contribution < 1.29 is 18.0 Å². The van der Waals surface area contributed by atoms with Gasteiger partial charge >= 0.3 is 6.18 Å². The number of ketones is 1. The third-order valence-electron chi connectivity index (χ3n) is 4.66. The molecule has 0 bridgehead atoms. The van der Waals surface area contributed by atoms with Gasteiger partial charge in [0.05, 0.1) is 16.3 Å². The lowest BCUT2D eigenvalue weighted by atomic mass is 10.0. The number of fused-ring (bicyclic) bond motifs is 1. The van der Waals surface area contributed by atoms with Crippen LogP contribution in [0.25, 0.3) is 16.5 Å². The number of halogens is 4. The van der Waals surface area contributed by atoms with Crippen molar-refractivity contribution in [3.8, 4) is 6.07 Å². The zero-order valence-corrected chi connectivity index (χ0v) is 17.4. The zero-order chi connectivity index (χ0) is 22.3. The Morgan fingerprint density at radius 2 is 1.94 bits per heavy atom. The van der Waals surface area contributed by atoms with Crippen LogP contribution in [0.5, 0.6) is 0 Å². The number of aromatic nitrogens is 2. The van der Waals surface area contributed by atoms with Crippen LogP contribution < -0.4 is 5.32 Å². The molecule has 156 valence electrons. The number of nitriles is 1. The Hall–Kier alpha value is -3.22. The second-order valence-corrected chi connectivity index (χ2v) is 7.82. The Balaban J connectivity index is 1.74. The third-order valence-corrected chi connectivity index (χ3v) is 5.99. The number of carbonyl (C=O) groups excluding carboxylic acids is 1. The van der Waals surface area contributed by atoms with Gasteiger partial charge in [0.2, 0.25) is 5.78 Å². The molecule has 4 rings (SSSR count). The summed E-state index contributed by atoms with van der Waals surface area (Å²) in [6.45, 7) is 0. The summed E-state index contributed by atoms with van der Waals surface area (Å²) in [5.74, 6) is -1.14. The number of carbonyl (C=O) groups is 1. The van der Waals surface area contributed by atoms with Gasteiger partial charge in [0.25, 0.3) is 0 Å². The van der Waals surface area contributed by atoms with Crippen LogP contribution in [0, 0.1) is 11.3 Å². The topological polar surface area (TPSA) is 70.7 Å². The summed E-state index contributed by atoms with van der Waals surface area (Å²) < 4.78 is 40.8. The van der Waals surface area contributed by atoms with Crippen molar-refractivity contribution in [2.24, 2.45) is 7.05 Å². The molecule has 31 heavy (non-hydrogen) atoms. The lowest BCUT2D eigenvalue weighted by Crippen LogP contribution is -2.16. The predicted molar refractivity (Wildman–Crippen MR) is 113 cm³/mol. The lowest BCUT2D eigenvalue weighted by molar-refractivity contribution is -0.141. The minimum Gasteiger partial charge on any atom is -0.348 e. The molecular formula is C21H12ClF3N4OS. The number of rotatable bonds is 3. The highest BCUT2D eigenvalue weighted by molar-refractivity contribution is 8.06. The number of alkyl halides is 3. The van der Waals surface area contributed by atoms with E-state index in [9.17, 15) is 23.2 Å². The molecule has 0 saturated heterocycles. The molecule has 0 spiro atoms. The molecule has 5 nitrogen and oxygen atoms in total. The molecule has 0 amide bonds. The van der Waals surface area contributed by atoms with E-state index in [-0.39, 0.29) is 5.03 Å². The van der Waals surface area contributed by atoms with Gasteiger partial charge in [-0.1, -0.05) is 65.8 Å². The van der Waals surface area contributed by atoms with Crippen LogP contribution in [0.1, 0.15) is 21.6 Å². The maximum Gasteiger partial charge on any atom is 0.435 e. The van der Waals surface area contributed by atoms with Gasteiger partial charge in [0.15, 0.2) is 5.69 Å². The number of hydrogen-bond donors (Lipinski definition) is 1. The maximum absolute atomic E-state index is 13.4. The van der Waals surface area contributed by atoms with Crippen molar-refractivity contribution in [1.29, 1.82) is 5.26 Å². The van der Waals surface area contributed by atoms with Gasteiger partial charge in [-0.25, -0.2) is 0 Å². The van der Waals surface area contributed by atoms with Crippen molar-refractivity contribution >= 4 is 45.6 Å². The summed E-state index contributed by atoms with van der Waals surface area (Å²) in [7, 11) is 1.19. The van der Waals surface area contributed by atoms with E-state index in [1.54, 1.807) is 11.5 Å². The molecule has 0 radical (unpaired) electrons. The van der Waals surface area contributed by atoms with E-state index in [2.05, 4.69) is 10.4 Å². The highest BCUT2D eigenvalue weighted by Gasteiger charge is 2.42. The number of benzene rings is 2. The SMILES string of the molecule is Cn1nc(C(F)(F)F)c(C(=O)C(C#N)=C2NC(c3cccc4ccccc34)=CS2)c1Cl. The van der Waals surface area contributed by atoms with E-state index in [0.717, 1.165) is 32.8 Å². The second-order valence-electron chi connectivity index (χ2n) is 6.58. The Morgan fingerprint density at radius 3 is 2.65 bits per heavy atom. The largest absolute Gasteiger partial charge is 0.435 e. The van der Waals surface area contributed by atoms with E-state index in [0.29, 0.717) is 5.70 Å². The van der Waals surface area contributed by atoms with Gasteiger partial charge in [-0.15, -0.1) is 0 Å². The molecule has 0 aliphatic carbocycles. The van der Waals surface area contributed by atoms with Gasteiger partial charge in [0.1, 0.15) is 16.8 Å². The van der Waals surface area contributed by atoms with E-state index < -0.39 is 33.9 Å². The number of Topliss-reactive ketones (excluding diaryl/α,β-unsaturated/α-hetero) is 1. The molecule has 2 heterocycles. The average Bonchev–Trinajstić information content (AvgIpc) is 3.33. The summed E-state index contributed by atoms with van der Waals surface area (Å²) >= 11 is 6.97. The first-order chi connectivity index (χ1) is 14.7. The van der Waals surface area contributed by atoms with E-state index in [4.69, 9.17) is 11.6 Å². The lowest BCUT2D eigenvalue weighted by Gasteiger charge is -2.10. The molecule has 1 aromatic heterocycles. The molecular weight excluding hydrogens is 449 g/mol. The normalized spacial score (nSPS) is 15.4. The van der Waals surface area contributed by atoms with Crippen LogP contribution in [0.2, 0.25) is 5.15 Å². The highest BCUT2D eigenvalue weighted by atomic mass is 35.5. The molecule has 0 saturated carbocycles. The van der Waals surface area contributed by atoms with Crippen molar-refractivity contribution in [3.63, 3.8) is 0 Å². The average molecular weight is 461 g/mol. The first kappa shape index (κ1) is 21.0. The smallest absolute Gasteiger partial charge is 0.348 e. The van der Waals surface area contributed by atoms with Gasteiger partial charge in [-0.3, -0.25) is 9.48 Å². The Kier molecular flexibility index (Phi) is 5.29. The standard InChI is InChI=1S/C21H12ClF3N4OS/c1-29-19(22)16(18(28-29)21(23,24)25)17(30)14(9-26)20-27-15(10-31-20)13-8-4-6-11-5-2-3-7-12(11)13/h2-8,10,27H,1H3. The molecule has 2 aromatic carbocycles. The third kappa shape index (κ3) is 3.69. The maximum atomic E-state index is 13.4. The van der Waals surface area contributed by atoms with Crippen LogP contribution >= 0.6 is 23.4 Å². The minimum atomic E-state index is -4.90. The number of thioether (sulfide) groups is 1. The van der Waals surface area contributed by atoms with Crippen LogP contribution in [-0.4, -0.2) is 15.6 Å². The number of nitrogens with one attached hydrogen (secondary N) is 1. The highest BCUT2D eigenvalue weighted by Crippen LogP contribution is 2.38. The summed E-state index contributed by atoms with van der Waals surface area (Å²) in [6, 6.07) is 15.1. The molecule has 1 aliphatic rings. The predicted octanol–water partition coefficient (Wildman–Crippen LogP) is 5.50. The first-order valence-corrected chi connectivity index (χ1v) is 10.1. The monoisotopic (exact) mass is 460 g/mol. The van der Waals surface area contributed by atoms with Crippen molar-refractivity contribution in [2.75, 3.05) is 0 Å². The summed E-state index contributed by atoms with van der Waals surface area (Å²) in [6.07, 6.45) is -4.90. The van der Waals surface area contributed by atoms with Gasteiger partial charge in [-0.2, -0.15) is 23.5 Å². The fourth-order valence-electron chi connectivity index (χ4n) is 3.24.